The normalized spacial score (nSPS) is 10.3. The number of rotatable bonds is 1. The fourth-order valence-corrected chi connectivity index (χ4v) is 1.90. The maximum absolute atomic E-state index is 9.14. The third-order valence-electron chi connectivity index (χ3n) is 2.20. The Kier molecular flexibility index (Phi) is 3.16. The van der Waals surface area contributed by atoms with Crippen molar-refractivity contribution >= 4 is 28.5 Å². The summed E-state index contributed by atoms with van der Waals surface area (Å²) in [7, 11) is -1.39. The Morgan fingerprint density at radius 2 is 1.69 bits per heavy atom. The van der Waals surface area contributed by atoms with E-state index in [0.717, 1.165) is 21.2 Å². The zero-order valence-corrected chi connectivity index (χ0v) is 9.51. The molecule has 0 aliphatic rings. The molecule has 1 aromatic carbocycles. The van der Waals surface area contributed by atoms with E-state index in [1.807, 2.05) is 26.8 Å². The maximum Gasteiger partial charge on any atom is 0.489 e. The van der Waals surface area contributed by atoms with Crippen molar-refractivity contribution < 1.29 is 10.0 Å². The van der Waals surface area contributed by atoms with E-state index in [2.05, 4.69) is 15.9 Å². The first-order valence-electron chi connectivity index (χ1n) is 4.07. The van der Waals surface area contributed by atoms with Crippen LogP contribution in [0.25, 0.3) is 0 Å². The Morgan fingerprint density at radius 1 is 1.15 bits per heavy atom. The molecule has 0 unspecified atom stereocenters. The van der Waals surface area contributed by atoms with E-state index in [-0.39, 0.29) is 0 Å². The first-order chi connectivity index (χ1) is 5.95. The van der Waals surface area contributed by atoms with Crippen LogP contribution < -0.4 is 5.46 Å². The Hall–Kier alpha value is -0.315. The van der Waals surface area contributed by atoms with Gasteiger partial charge in [0.2, 0.25) is 0 Å². The van der Waals surface area contributed by atoms with Gasteiger partial charge in [-0.25, -0.2) is 0 Å². The summed E-state index contributed by atoms with van der Waals surface area (Å²) in [6, 6.07) is 1.94. The maximum atomic E-state index is 9.14. The molecule has 2 N–H and O–H groups in total. The van der Waals surface area contributed by atoms with Gasteiger partial charge in [-0.1, -0.05) is 27.6 Å². The highest BCUT2D eigenvalue weighted by atomic mass is 79.9. The summed E-state index contributed by atoms with van der Waals surface area (Å²) in [4.78, 5) is 0. The average Bonchev–Trinajstić information content (AvgIpc) is 1.99. The molecular weight excluding hydrogens is 231 g/mol. The van der Waals surface area contributed by atoms with Gasteiger partial charge in [-0.2, -0.15) is 0 Å². The summed E-state index contributed by atoms with van der Waals surface area (Å²) in [5, 5.41) is 18.3. The van der Waals surface area contributed by atoms with Crippen LogP contribution in [0.15, 0.2) is 10.5 Å². The van der Waals surface area contributed by atoms with Crippen LogP contribution in [-0.2, 0) is 0 Å². The van der Waals surface area contributed by atoms with E-state index in [4.69, 9.17) is 10.0 Å². The molecule has 0 aliphatic carbocycles. The van der Waals surface area contributed by atoms with E-state index >= 15 is 0 Å². The van der Waals surface area contributed by atoms with Crippen molar-refractivity contribution in [3.63, 3.8) is 0 Å². The highest BCUT2D eigenvalue weighted by molar-refractivity contribution is 9.10. The lowest BCUT2D eigenvalue weighted by Gasteiger charge is -2.12. The summed E-state index contributed by atoms with van der Waals surface area (Å²) in [5.41, 5.74) is 3.51. The molecule has 0 saturated carbocycles. The first-order valence-corrected chi connectivity index (χ1v) is 4.86. The molecule has 0 bridgehead atoms. The smallest absolute Gasteiger partial charge is 0.423 e. The van der Waals surface area contributed by atoms with Gasteiger partial charge in [0.05, 0.1) is 0 Å². The number of halogens is 1. The Bertz CT molecular complexity index is 337. The van der Waals surface area contributed by atoms with Crippen molar-refractivity contribution in [2.45, 2.75) is 20.8 Å². The number of hydrogen-bond acceptors (Lipinski definition) is 2. The van der Waals surface area contributed by atoms with Gasteiger partial charge >= 0.3 is 7.12 Å². The van der Waals surface area contributed by atoms with Crippen LogP contribution in [0.1, 0.15) is 16.7 Å². The molecule has 13 heavy (non-hydrogen) atoms. The van der Waals surface area contributed by atoms with Crippen LogP contribution in [0.4, 0.5) is 0 Å². The van der Waals surface area contributed by atoms with E-state index in [0.29, 0.717) is 5.46 Å². The lowest BCUT2D eigenvalue weighted by atomic mass is 9.74. The fourth-order valence-electron chi connectivity index (χ4n) is 1.57. The molecule has 0 saturated heterocycles. The molecule has 0 fully saturated rings. The van der Waals surface area contributed by atoms with E-state index in [1.54, 1.807) is 0 Å². The second kappa shape index (κ2) is 3.82. The second-order valence-corrected chi connectivity index (χ2v) is 4.03. The predicted octanol–water partition coefficient (Wildman–Crippen LogP) is 1.05. The van der Waals surface area contributed by atoms with Crippen LogP contribution >= 0.6 is 15.9 Å². The number of benzene rings is 1. The van der Waals surface area contributed by atoms with Gasteiger partial charge < -0.3 is 10.0 Å². The third kappa shape index (κ3) is 1.95. The Morgan fingerprint density at radius 3 is 2.15 bits per heavy atom. The minimum Gasteiger partial charge on any atom is -0.423 e. The monoisotopic (exact) mass is 242 g/mol. The van der Waals surface area contributed by atoms with Crippen LogP contribution in [0, 0.1) is 20.8 Å². The largest absolute Gasteiger partial charge is 0.489 e. The van der Waals surface area contributed by atoms with Gasteiger partial charge in [0.15, 0.2) is 0 Å². The molecule has 0 radical (unpaired) electrons. The van der Waals surface area contributed by atoms with Gasteiger partial charge in [0.25, 0.3) is 0 Å². The summed E-state index contributed by atoms with van der Waals surface area (Å²) >= 11 is 3.41. The van der Waals surface area contributed by atoms with Crippen molar-refractivity contribution in [3.05, 3.63) is 27.2 Å². The second-order valence-electron chi connectivity index (χ2n) is 3.24. The van der Waals surface area contributed by atoms with Gasteiger partial charge in [-0.3, -0.25) is 0 Å². The summed E-state index contributed by atoms with van der Waals surface area (Å²) in [6.45, 7) is 5.73. The molecule has 0 aliphatic heterocycles. The van der Waals surface area contributed by atoms with Crippen LogP contribution in [-0.4, -0.2) is 17.2 Å². The molecule has 0 amide bonds. The minimum atomic E-state index is -1.39. The lowest BCUT2D eigenvalue weighted by molar-refractivity contribution is 0.425. The van der Waals surface area contributed by atoms with Gasteiger partial charge in [-0.05, 0) is 37.4 Å². The Labute approximate surface area is 86.9 Å². The molecule has 2 nitrogen and oxygen atoms in total. The SMILES string of the molecule is Cc1cc(C)c(B(O)O)c(C)c1Br. The van der Waals surface area contributed by atoms with Crippen LogP contribution in [0.5, 0.6) is 0 Å². The average molecular weight is 243 g/mol. The Balaban J connectivity index is 3.44. The van der Waals surface area contributed by atoms with Crippen molar-refractivity contribution in [1.82, 2.24) is 0 Å². The van der Waals surface area contributed by atoms with Crippen molar-refractivity contribution in [2.24, 2.45) is 0 Å². The highest BCUT2D eigenvalue weighted by Crippen LogP contribution is 2.20. The van der Waals surface area contributed by atoms with Crippen LogP contribution in [0.3, 0.4) is 0 Å². The number of aryl methyl sites for hydroxylation is 2. The summed E-state index contributed by atoms with van der Waals surface area (Å²) in [5.74, 6) is 0. The van der Waals surface area contributed by atoms with Gasteiger partial charge in [0.1, 0.15) is 0 Å². The molecule has 70 valence electrons. The van der Waals surface area contributed by atoms with Crippen molar-refractivity contribution in [2.75, 3.05) is 0 Å². The molecule has 0 heterocycles. The van der Waals surface area contributed by atoms with Crippen molar-refractivity contribution in [1.29, 1.82) is 0 Å². The van der Waals surface area contributed by atoms with Crippen molar-refractivity contribution in [3.8, 4) is 0 Å². The molecule has 0 atom stereocenters. The predicted molar refractivity (Wildman–Crippen MR) is 58.2 cm³/mol. The minimum absolute atomic E-state index is 0.595. The highest BCUT2D eigenvalue weighted by Gasteiger charge is 2.19. The molecule has 0 aromatic heterocycles. The molecule has 4 heteroatoms. The third-order valence-corrected chi connectivity index (χ3v) is 3.42. The van der Waals surface area contributed by atoms with E-state index in [1.165, 1.54) is 0 Å². The molecule has 0 spiro atoms. The van der Waals surface area contributed by atoms with Gasteiger partial charge in [-0.15, -0.1) is 0 Å². The van der Waals surface area contributed by atoms with E-state index < -0.39 is 7.12 Å². The number of hydrogen-bond donors (Lipinski definition) is 2. The lowest BCUT2D eigenvalue weighted by Crippen LogP contribution is -2.34. The fraction of sp³-hybridized carbons (Fsp3) is 0.333. The quantitative estimate of drug-likeness (QED) is 0.723. The summed E-state index contributed by atoms with van der Waals surface area (Å²) < 4.78 is 0.946. The standard InChI is InChI=1S/C9H12BBrO2/c1-5-4-6(2)9(11)7(3)8(5)10(12)13/h4,12-13H,1-3H3. The molecule has 1 rings (SSSR count). The molecule has 1 aromatic rings. The van der Waals surface area contributed by atoms with Gasteiger partial charge in [0, 0.05) is 4.47 Å². The zero-order valence-electron chi connectivity index (χ0n) is 7.93. The van der Waals surface area contributed by atoms with E-state index in [9.17, 15) is 0 Å². The molecular formula is C9H12BBrO2. The zero-order chi connectivity index (χ0) is 10.2. The topological polar surface area (TPSA) is 40.5 Å². The first kappa shape index (κ1) is 10.8. The summed E-state index contributed by atoms with van der Waals surface area (Å²) in [6.07, 6.45) is 0. The van der Waals surface area contributed by atoms with Crippen LogP contribution in [0.2, 0.25) is 0 Å².